The van der Waals surface area contributed by atoms with Gasteiger partial charge in [0.2, 0.25) is 0 Å². The van der Waals surface area contributed by atoms with Gasteiger partial charge in [0.25, 0.3) is 23.6 Å². The third-order valence-electron chi connectivity index (χ3n) is 8.87. The third kappa shape index (κ3) is 9.56. The minimum Gasteiger partial charge on any atom is -1.00 e. The van der Waals surface area contributed by atoms with E-state index in [0.717, 1.165) is 72.8 Å². The fourth-order valence-electron chi connectivity index (χ4n) is 6.91. The van der Waals surface area contributed by atoms with E-state index in [9.17, 15) is 19.2 Å². The van der Waals surface area contributed by atoms with Crippen LogP contribution in [0.15, 0.2) is 42.5 Å². The maximum Gasteiger partial charge on any atom is 0.261 e. The van der Waals surface area contributed by atoms with Crippen molar-refractivity contribution in [3.8, 4) is 0 Å². The Bertz CT molecular complexity index is 1370. The van der Waals surface area contributed by atoms with E-state index in [0.29, 0.717) is 35.3 Å². The normalized spacial score (nSPS) is 14.8. The Kier molecular flexibility index (Phi) is 13.3. The van der Waals surface area contributed by atoms with Crippen molar-refractivity contribution in [3.05, 3.63) is 70.3 Å². The predicted octanol–water partition coefficient (Wildman–Crippen LogP) is -0.975. The van der Waals surface area contributed by atoms with Crippen LogP contribution in [-0.4, -0.2) is 110 Å². The number of halogens is 2. The smallest absolute Gasteiger partial charge is 0.261 e. The Morgan fingerprint density at radius 3 is 1.64 bits per heavy atom. The molecule has 2 heterocycles. The topological polar surface area (TPSA) is 74.8 Å². The van der Waals surface area contributed by atoms with Gasteiger partial charge in [0, 0.05) is 24.9 Å². The van der Waals surface area contributed by atoms with Crippen molar-refractivity contribution in [1.29, 1.82) is 0 Å². The Morgan fingerprint density at radius 1 is 0.600 bits per heavy atom. The number of hydrogen-bond acceptors (Lipinski definition) is 4. The van der Waals surface area contributed by atoms with Gasteiger partial charge in [-0.05, 0) is 56.9 Å². The maximum atomic E-state index is 12.9. The summed E-state index contributed by atoms with van der Waals surface area (Å²) in [6.45, 7) is 11.0. The molecule has 2 aromatic rings. The fourth-order valence-corrected chi connectivity index (χ4v) is 6.91. The molecule has 0 radical (unpaired) electrons. The summed E-state index contributed by atoms with van der Waals surface area (Å²) in [5, 5.41) is 0. The molecule has 0 aromatic heterocycles. The first kappa shape index (κ1) is 38.8. The van der Waals surface area contributed by atoms with E-state index in [2.05, 4.69) is 42.0 Å². The average Bonchev–Trinajstić information content (AvgIpc) is 3.29. The minimum absolute atomic E-state index is 0. The molecule has 4 rings (SSSR count). The van der Waals surface area contributed by atoms with E-state index >= 15 is 0 Å². The van der Waals surface area contributed by atoms with Gasteiger partial charge in [0.15, 0.2) is 0 Å². The van der Waals surface area contributed by atoms with Gasteiger partial charge < -0.3 is 42.9 Å². The molecule has 2 aliphatic heterocycles. The lowest BCUT2D eigenvalue weighted by Gasteiger charge is -2.39. The zero-order chi connectivity index (χ0) is 31.6. The van der Waals surface area contributed by atoms with E-state index in [1.54, 1.807) is 30.3 Å². The minimum atomic E-state index is -0.204. The molecule has 0 fully saturated rings. The third-order valence-corrected chi connectivity index (χ3v) is 8.87. The van der Waals surface area contributed by atoms with Crippen molar-refractivity contribution >= 4 is 23.6 Å². The quantitative estimate of drug-likeness (QED) is 0.134. The number of imide groups is 2. The van der Waals surface area contributed by atoms with E-state index in [4.69, 9.17) is 0 Å². The molecular weight excluding hydrogens is 700 g/mol. The molecule has 0 N–H and O–H groups in total. The van der Waals surface area contributed by atoms with E-state index in [-0.39, 0.29) is 63.0 Å². The molecule has 0 aliphatic carbocycles. The summed E-state index contributed by atoms with van der Waals surface area (Å²) in [4.78, 5) is 54.0. The first-order valence-corrected chi connectivity index (χ1v) is 15.7. The first-order chi connectivity index (χ1) is 20.1. The highest BCUT2D eigenvalue weighted by Crippen LogP contribution is 2.29. The number of nitrogens with zero attached hydrogens (tertiary/aromatic N) is 4. The number of unbranched alkanes of at least 4 members (excludes halogenated alkanes) is 3. The van der Waals surface area contributed by atoms with Crippen molar-refractivity contribution in [2.24, 2.45) is 5.41 Å². The number of aryl methyl sites for hydroxylation is 1. The molecule has 0 unspecified atom stereocenters. The summed E-state index contributed by atoms with van der Waals surface area (Å²) in [5.41, 5.74) is 2.87. The molecule has 4 amide bonds. The molecule has 10 heteroatoms. The molecule has 0 atom stereocenters. The van der Waals surface area contributed by atoms with E-state index < -0.39 is 0 Å². The number of carbonyl (C=O) groups excluding carboxylic acids is 4. The molecule has 2 aliphatic rings. The molecule has 248 valence electrons. The Balaban J connectivity index is 0.00000353. The lowest BCUT2D eigenvalue weighted by atomic mass is 9.91. The maximum absolute atomic E-state index is 12.9. The SMILES string of the molecule is Cc1ccc2c(c1)C(=O)N(CCC[N+](C)(C)CCCCCC[N+](C)(C)CC(C)(C)CN1C(=O)c3ccccc3C1=O)C2=O.[Br-].[Br-]. The zero-order valence-electron chi connectivity index (χ0n) is 28.0. The second-order valence-corrected chi connectivity index (χ2v) is 14.7. The molecule has 45 heavy (non-hydrogen) atoms. The summed E-state index contributed by atoms with van der Waals surface area (Å²) >= 11 is 0. The molecule has 0 bridgehead atoms. The summed E-state index contributed by atoms with van der Waals surface area (Å²) in [6.07, 6.45) is 5.38. The van der Waals surface area contributed by atoms with Crippen LogP contribution in [0, 0.1) is 12.3 Å². The largest absolute Gasteiger partial charge is 1.00 e. The van der Waals surface area contributed by atoms with Gasteiger partial charge in [-0.15, -0.1) is 0 Å². The molecule has 2 aromatic carbocycles. The van der Waals surface area contributed by atoms with Crippen LogP contribution in [0.25, 0.3) is 0 Å². The van der Waals surface area contributed by atoms with Gasteiger partial charge in [-0.1, -0.05) is 37.6 Å². The number of amides is 4. The van der Waals surface area contributed by atoms with Gasteiger partial charge in [-0.25, -0.2) is 0 Å². The van der Waals surface area contributed by atoms with Crippen LogP contribution in [0.2, 0.25) is 0 Å². The highest BCUT2D eigenvalue weighted by atomic mass is 79.9. The number of carbonyl (C=O) groups is 4. The molecule has 0 saturated carbocycles. The standard InChI is InChI=1S/C35H50N4O4.2BrH/c1-26-17-18-29-30(23-26)34(43)36(31(29)40)19-14-22-38(4,5)20-12-8-9-13-21-39(6,7)25-35(2,3)24-37-32(41)27-15-10-11-16-28(27)33(37)42;;/h10-11,15-18,23H,8-9,12-14,19-22,24-25H2,1-7H3;2*1H/q+2;;/p-2. The Labute approximate surface area is 290 Å². The van der Waals surface area contributed by atoms with Crippen LogP contribution in [0.3, 0.4) is 0 Å². The van der Waals surface area contributed by atoms with Crippen molar-refractivity contribution in [1.82, 2.24) is 9.80 Å². The molecule has 0 saturated heterocycles. The Hall–Kier alpha value is -2.40. The van der Waals surface area contributed by atoms with E-state index in [1.807, 2.05) is 19.1 Å². The van der Waals surface area contributed by atoms with Crippen LogP contribution >= 0.6 is 0 Å². The summed E-state index contributed by atoms with van der Waals surface area (Å²) in [5.74, 6) is -0.695. The number of hydrogen-bond donors (Lipinski definition) is 0. The summed E-state index contributed by atoms with van der Waals surface area (Å²) in [6, 6.07) is 12.6. The van der Waals surface area contributed by atoms with Gasteiger partial charge in [0.1, 0.15) is 0 Å². The van der Waals surface area contributed by atoms with Gasteiger partial charge in [-0.2, -0.15) is 0 Å². The Morgan fingerprint density at radius 2 is 1.07 bits per heavy atom. The van der Waals surface area contributed by atoms with Crippen LogP contribution in [-0.2, 0) is 0 Å². The number of rotatable bonds is 15. The second kappa shape index (κ2) is 15.5. The van der Waals surface area contributed by atoms with E-state index in [1.165, 1.54) is 9.80 Å². The number of quaternary nitrogens is 2. The summed E-state index contributed by atoms with van der Waals surface area (Å²) in [7, 11) is 8.92. The van der Waals surface area contributed by atoms with Crippen molar-refractivity contribution in [3.63, 3.8) is 0 Å². The highest BCUT2D eigenvalue weighted by Gasteiger charge is 2.40. The predicted molar refractivity (Wildman–Crippen MR) is 169 cm³/mol. The highest BCUT2D eigenvalue weighted by molar-refractivity contribution is 6.22. The van der Waals surface area contributed by atoms with Gasteiger partial charge in [-0.3, -0.25) is 29.0 Å². The van der Waals surface area contributed by atoms with Crippen LogP contribution in [0.4, 0.5) is 0 Å². The lowest BCUT2D eigenvalue weighted by molar-refractivity contribution is -0.896. The lowest BCUT2D eigenvalue weighted by Crippen LogP contribution is -3.00. The van der Waals surface area contributed by atoms with Crippen molar-refractivity contribution in [2.45, 2.75) is 52.9 Å². The average molecular weight is 751 g/mol. The van der Waals surface area contributed by atoms with Crippen LogP contribution in [0.5, 0.6) is 0 Å². The van der Waals surface area contributed by atoms with Gasteiger partial charge >= 0.3 is 0 Å². The van der Waals surface area contributed by atoms with Crippen molar-refractivity contribution < 1.29 is 62.1 Å². The molecule has 8 nitrogen and oxygen atoms in total. The fraction of sp³-hybridized carbons (Fsp3) is 0.543. The van der Waals surface area contributed by atoms with Crippen LogP contribution in [0.1, 0.15) is 92.9 Å². The molecular formula is C35H50Br2N4O4. The summed E-state index contributed by atoms with van der Waals surface area (Å²) < 4.78 is 1.71. The number of benzene rings is 2. The van der Waals surface area contributed by atoms with Gasteiger partial charge in [0.05, 0.1) is 76.6 Å². The van der Waals surface area contributed by atoms with Crippen LogP contribution < -0.4 is 34.0 Å². The zero-order valence-corrected chi connectivity index (χ0v) is 31.2. The monoisotopic (exact) mass is 748 g/mol. The molecule has 0 spiro atoms. The van der Waals surface area contributed by atoms with Crippen molar-refractivity contribution in [2.75, 3.05) is 67.5 Å². The second-order valence-electron chi connectivity index (χ2n) is 14.7. The first-order valence-electron chi connectivity index (χ1n) is 15.7. The number of fused-ring (bicyclic) bond motifs is 2.